The van der Waals surface area contributed by atoms with Crippen LogP contribution in [0.3, 0.4) is 0 Å². The van der Waals surface area contributed by atoms with Crippen molar-refractivity contribution in [2.24, 2.45) is 5.92 Å². The van der Waals surface area contributed by atoms with Gasteiger partial charge in [-0.25, -0.2) is 14.5 Å². The third-order valence-electron chi connectivity index (χ3n) is 5.38. The monoisotopic (exact) mass is 447 g/mol. The van der Waals surface area contributed by atoms with Crippen LogP contribution in [0.5, 0.6) is 0 Å². The molecule has 3 aromatic rings. The van der Waals surface area contributed by atoms with Crippen LogP contribution >= 0.6 is 0 Å². The molecule has 1 aromatic heterocycles. The number of hydrogen-bond acceptors (Lipinski definition) is 6. The van der Waals surface area contributed by atoms with E-state index in [2.05, 4.69) is 15.4 Å². The Hall–Kier alpha value is -4.01. The number of carbonyl (C=O) groups is 3. The number of nitrogens with zero attached hydrogens (tertiary/aromatic N) is 4. The molecule has 0 aliphatic carbocycles. The first kappa shape index (κ1) is 22.2. The number of carbonyl (C=O) groups excluding carboxylic acids is 3. The van der Waals surface area contributed by atoms with Gasteiger partial charge in [-0.2, -0.15) is 5.10 Å². The summed E-state index contributed by atoms with van der Waals surface area (Å²) in [5.41, 5.74) is 2.78. The second-order valence-electron chi connectivity index (χ2n) is 7.87. The number of amides is 2. The SMILES string of the molecule is CCCOC(=O)c1ccc(N2C[C@@H](C(=O)Nc3ccc(Cn4cncn4)cc3)CC2=O)cc1. The summed E-state index contributed by atoms with van der Waals surface area (Å²) in [6.07, 6.45) is 4.01. The number of ether oxygens (including phenoxy) is 1. The Morgan fingerprint density at radius 1 is 1.12 bits per heavy atom. The van der Waals surface area contributed by atoms with E-state index in [1.165, 1.54) is 6.33 Å². The van der Waals surface area contributed by atoms with Crippen molar-refractivity contribution in [1.29, 1.82) is 0 Å². The fourth-order valence-corrected chi connectivity index (χ4v) is 3.63. The standard InChI is InChI=1S/C24H25N5O4/c1-2-11-33-24(32)18-5-9-21(10-6-18)29-14-19(12-22(29)30)23(31)27-20-7-3-17(4-8-20)13-28-16-25-15-26-28/h3-10,15-16,19H,2,11-14H2,1H3,(H,27,31)/t19-/m0/s1. The zero-order valence-electron chi connectivity index (χ0n) is 18.3. The zero-order chi connectivity index (χ0) is 23.2. The maximum atomic E-state index is 12.7. The van der Waals surface area contributed by atoms with Crippen molar-refractivity contribution in [2.45, 2.75) is 26.3 Å². The van der Waals surface area contributed by atoms with E-state index in [4.69, 9.17) is 4.74 Å². The smallest absolute Gasteiger partial charge is 0.338 e. The van der Waals surface area contributed by atoms with Crippen LogP contribution in [0.2, 0.25) is 0 Å². The lowest BCUT2D eigenvalue weighted by Gasteiger charge is -2.17. The molecule has 0 unspecified atom stereocenters. The van der Waals surface area contributed by atoms with E-state index in [0.29, 0.717) is 30.1 Å². The molecule has 9 heteroatoms. The number of benzene rings is 2. The molecule has 0 radical (unpaired) electrons. The van der Waals surface area contributed by atoms with Gasteiger partial charge in [0.2, 0.25) is 11.8 Å². The van der Waals surface area contributed by atoms with Crippen molar-refractivity contribution in [1.82, 2.24) is 14.8 Å². The summed E-state index contributed by atoms with van der Waals surface area (Å²) >= 11 is 0. The molecule has 0 saturated carbocycles. The van der Waals surface area contributed by atoms with Gasteiger partial charge in [-0.15, -0.1) is 0 Å². The molecule has 4 rings (SSSR count). The maximum absolute atomic E-state index is 12.7. The van der Waals surface area contributed by atoms with Crippen molar-refractivity contribution in [3.05, 3.63) is 72.3 Å². The Bertz CT molecular complexity index is 1110. The lowest BCUT2D eigenvalue weighted by molar-refractivity contribution is -0.122. The lowest BCUT2D eigenvalue weighted by Crippen LogP contribution is -2.28. The molecule has 1 atom stereocenters. The Labute approximate surface area is 191 Å². The molecule has 1 N–H and O–H groups in total. The fraction of sp³-hybridized carbons (Fsp3) is 0.292. The normalized spacial score (nSPS) is 15.5. The van der Waals surface area contributed by atoms with Gasteiger partial charge in [0.1, 0.15) is 12.7 Å². The van der Waals surface area contributed by atoms with Gasteiger partial charge in [-0.1, -0.05) is 19.1 Å². The summed E-state index contributed by atoms with van der Waals surface area (Å²) in [6.45, 7) is 3.18. The molecule has 1 fully saturated rings. The third kappa shape index (κ3) is 5.43. The minimum atomic E-state index is -0.457. The largest absolute Gasteiger partial charge is 0.462 e. The second kappa shape index (κ2) is 10.1. The van der Waals surface area contributed by atoms with E-state index in [-0.39, 0.29) is 30.7 Å². The van der Waals surface area contributed by atoms with Crippen LogP contribution in [-0.2, 0) is 20.9 Å². The fourth-order valence-electron chi connectivity index (χ4n) is 3.63. The van der Waals surface area contributed by atoms with Crippen LogP contribution in [0, 0.1) is 5.92 Å². The average Bonchev–Trinajstić information content (AvgIpc) is 3.48. The first-order valence-corrected chi connectivity index (χ1v) is 10.8. The molecular weight excluding hydrogens is 422 g/mol. The Morgan fingerprint density at radius 3 is 2.55 bits per heavy atom. The minimum absolute atomic E-state index is 0.125. The number of esters is 1. The summed E-state index contributed by atoms with van der Waals surface area (Å²) in [7, 11) is 0. The summed E-state index contributed by atoms with van der Waals surface area (Å²) in [5.74, 6) is -1.17. The van der Waals surface area contributed by atoms with Gasteiger partial charge in [-0.3, -0.25) is 9.59 Å². The molecule has 0 spiro atoms. The van der Waals surface area contributed by atoms with E-state index in [0.717, 1.165) is 12.0 Å². The van der Waals surface area contributed by atoms with Crippen LogP contribution in [0.1, 0.15) is 35.7 Å². The summed E-state index contributed by atoms with van der Waals surface area (Å²) in [5, 5.41) is 6.97. The second-order valence-corrected chi connectivity index (χ2v) is 7.87. The highest BCUT2D eigenvalue weighted by Gasteiger charge is 2.35. The van der Waals surface area contributed by atoms with Crippen molar-refractivity contribution >= 4 is 29.2 Å². The summed E-state index contributed by atoms with van der Waals surface area (Å²) in [4.78, 5) is 42.7. The van der Waals surface area contributed by atoms with Crippen LogP contribution in [0.4, 0.5) is 11.4 Å². The van der Waals surface area contributed by atoms with Crippen LogP contribution < -0.4 is 10.2 Å². The molecular formula is C24H25N5O4. The van der Waals surface area contributed by atoms with Crippen molar-refractivity contribution in [3.8, 4) is 0 Å². The van der Waals surface area contributed by atoms with E-state index in [1.807, 2.05) is 31.2 Å². The Morgan fingerprint density at radius 2 is 1.88 bits per heavy atom. The number of aromatic nitrogens is 3. The predicted octanol–water partition coefficient (Wildman–Crippen LogP) is 2.88. The molecule has 2 heterocycles. The average molecular weight is 447 g/mol. The van der Waals surface area contributed by atoms with E-state index >= 15 is 0 Å². The molecule has 2 aromatic carbocycles. The maximum Gasteiger partial charge on any atom is 0.338 e. The highest BCUT2D eigenvalue weighted by molar-refractivity contribution is 6.03. The summed E-state index contributed by atoms with van der Waals surface area (Å²) in [6, 6.07) is 14.2. The molecule has 2 amide bonds. The van der Waals surface area contributed by atoms with Gasteiger partial charge in [0.05, 0.1) is 24.6 Å². The minimum Gasteiger partial charge on any atom is -0.462 e. The highest BCUT2D eigenvalue weighted by atomic mass is 16.5. The topological polar surface area (TPSA) is 106 Å². The molecule has 170 valence electrons. The van der Waals surface area contributed by atoms with Crippen LogP contribution in [0.25, 0.3) is 0 Å². The van der Waals surface area contributed by atoms with Gasteiger partial charge in [0.25, 0.3) is 0 Å². The number of anilines is 2. The Kier molecular flexibility index (Phi) is 6.77. The van der Waals surface area contributed by atoms with Gasteiger partial charge < -0.3 is 15.0 Å². The van der Waals surface area contributed by atoms with Crippen molar-refractivity contribution in [3.63, 3.8) is 0 Å². The van der Waals surface area contributed by atoms with E-state index in [9.17, 15) is 14.4 Å². The number of hydrogen-bond donors (Lipinski definition) is 1. The van der Waals surface area contributed by atoms with E-state index < -0.39 is 5.92 Å². The first-order chi connectivity index (χ1) is 16.0. The zero-order valence-corrected chi connectivity index (χ0v) is 18.3. The van der Waals surface area contributed by atoms with E-state index in [1.54, 1.807) is 40.2 Å². The molecule has 1 aliphatic heterocycles. The molecule has 1 saturated heterocycles. The summed E-state index contributed by atoms with van der Waals surface area (Å²) < 4.78 is 6.84. The molecule has 1 aliphatic rings. The molecule has 33 heavy (non-hydrogen) atoms. The highest BCUT2D eigenvalue weighted by Crippen LogP contribution is 2.26. The lowest BCUT2D eigenvalue weighted by atomic mass is 10.1. The van der Waals surface area contributed by atoms with Gasteiger partial charge >= 0.3 is 5.97 Å². The van der Waals surface area contributed by atoms with Gasteiger partial charge in [-0.05, 0) is 48.4 Å². The van der Waals surface area contributed by atoms with Crippen molar-refractivity contribution in [2.75, 3.05) is 23.4 Å². The first-order valence-electron chi connectivity index (χ1n) is 10.8. The number of rotatable bonds is 8. The quantitative estimate of drug-likeness (QED) is 0.532. The number of nitrogens with one attached hydrogen (secondary N) is 1. The van der Waals surface area contributed by atoms with Crippen LogP contribution in [0.15, 0.2) is 61.2 Å². The molecule has 0 bridgehead atoms. The van der Waals surface area contributed by atoms with Crippen molar-refractivity contribution < 1.29 is 19.1 Å². The predicted molar refractivity (Wildman–Crippen MR) is 122 cm³/mol. The van der Waals surface area contributed by atoms with Crippen LogP contribution in [-0.4, -0.2) is 45.7 Å². The molecule has 9 nitrogen and oxygen atoms in total. The van der Waals surface area contributed by atoms with Gasteiger partial charge in [0.15, 0.2) is 0 Å². The third-order valence-corrected chi connectivity index (χ3v) is 5.38. The van der Waals surface area contributed by atoms with Gasteiger partial charge in [0, 0.05) is 24.3 Å². The Balaban J connectivity index is 1.33.